The summed E-state index contributed by atoms with van der Waals surface area (Å²) in [5, 5.41) is 15.5. The molecule has 11 heteroatoms. The first-order chi connectivity index (χ1) is 12.4. The molecule has 2 aromatic rings. The molecule has 0 aliphatic heterocycles. The van der Waals surface area contributed by atoms with Crippen LogP contribution in [0, 0.1) is 0 Å². The minimum Gasteiger partial charge on any atom is -0.465 e. The highest BCUT2D eigenvalue weighted by Crippen LogP contribution is 2.20. The van der Waals surface area contributed by atoms with Gasteiger partial charge < -0.3 is 16.2 Å². The van der Waals surface area contributed by atoms with Crippen LogP contribution >= 0.6 is 0 Å². The van der Waals surface area contributed by atoms with Crippen molar-refractivity contribution in [1.29, 1.82) is 0 Å². The number of nitrogens with zero attached hydrogens (tertiary/aromatic N) is 2. The van der Waals surface area contributed by atoms with Gasteiger partial charge in [0.1, 0.15) is 6.04 Å². The Kier molecular flexibility index (Phi) is 5.95. The molecule has 0 aliphatic rings. The van der Waals surface area contributed by atoms with Gasteiger partial charge >= 0.3 is 6.09 Å². The lowest BCUT2D eigenvalue weighted by atomic mass is 10.0. The molecule has 0 bridgehead atoms. The number of carbonyl (C=O) groups is 2. The molecular weight excluding hydrogens is 388 g/mol. The zero-order valence-electron chi connectivity index (χ0n) is 15.5. The summed E-state index contributed by atoms with van der Waals surface area (Å²) in [4.78, 5) is 22.2. The summed E-state index contributed by atoms with van der Waals surface area (Å²) in [6, 6.07) is 4.47. The highest BCUT2D eigenvalue weighted by molar-refractivity contribution is 7.90. The predicted molar refractivity (Wildman–Crippen MR) is 105 cm³/mol. The number of amides is 2. The van der Waals surface area contributed by atoms with E-state index in [-0.39, 0.29) is 12.2 Å². The number of nitrogens with one attached hydrogen (secondary N) is 1. The third-order valence-corrected chi connectivity index (χ3v) is 7.70. The van der Waals surface area contributed by atoms with Gasteiger partial charge in [0.2, 0.25) is 5.91 Å². The molecule has 0 saturated heterocycles. The van der Waals surface area contributed by atoms with Crippen LogP contribution in [0.1, 0.15) is 5.56 Å². The van der Waals surface area contributed by atoms with E-state index in [9.17, 15) is 18.0 Å². The Morgan fingerprint density at radius 1 is 1.33 bits per heavy atom. The zero-order valence-corrected chi connectivity index (χ0v) is 17.3. The molecular formula is C16H24N4O5SSi. The molecule has 0 aliphatic carbocycles. The second-order valence-corrected chi connectivity index (χ2v) is 15.2. The van der Waals surface area contributed by atoms with Crippen molar-refractivity contribution in [3.63, 3.8) is 0 Å². The number of rotatable bonds is 8. The molecule has 1 atom stereocenters. The summed E-state index contributed by atoms with van der Waals surface area (Å²) in [5.41, 5.74) is 6.30. The molecule has 1 heterocycles. The first kappa shape index (κ1) is 20.9. The van der Waals surface area contributed by atoms with Gasteiger partial charge in [0, 0.05) is 19.9 Å². The van der Waals surface area contributed by atoms with Crippen molar-refractivity contribution in [3.8, 4) is 0 Å². The van der Waals surface area contributed by atoms with Gasteiger partial charge in [-0.05, 0) is 23.7 Å². The monoisotopic (exact) mass is 412 g/mol. The van der Waals surface area contributed by atoms with Crippen molar-refractivity contribution in [2.45, 2.75) is 38.1 Å². The average molecular weight is 413 g/mol. The topological polar surface area (TPSA) is 144 Å². The third-order valence-electron chi connectivity index (χ3n) is 4.05. The Labute approximate surface area is 158 Å². The van der Waals surface area contributed by atoms with E-state index in [1.54, 1.807) is 18.2 Å². The van der Waals surface area contributed by atoms with Crippen LogP contribution in [-0.2, 0) is 21.2 Å². The highest BCUT2D eigenvalue weighted by Gasteiger charge is 2.23. The quantitative estimate of drug-likeness (QED) is 0.556. The average Bonchev–Trinajstić information content (AvgIpc) is 2.95. The van der Waals surface area contributed by atoms with E-state index in [0.717, 1.165) is 4.09 Å². The largest absolute Gasteiger partial charge is 0.465 e. The number of aromatic nitrogens is 2. The first-order valence-electron chi connectivity index (χ1n) is 8.38. The Hall–Kier alpha value is -2.40. The molecule has 0 saturated carbocycles. The number of fused-ring (bicyclic) bond motifs is 1. The van der Waals surface area contributed by atoms with E-state index in [4.69, 9.17) is 10.8 Å². The van der Waals surface area contributed by atoms with Crippen LogP contribution in [0.3, 0.4) is 0 Å². The van der Waals surface area contributed by atoms with Crippen LogP contribution in [0.25, 0.3) is 10.9 Å². The highest BCUT2D eigenvalue weighted by atomic mass is 32.2. The van der Waals surface area contributed by atoms with E-state index >= 15 is 0 Å². The lowest BCUT2D eigenvalue weighted by molar-refractivity contribution is -0.119. The molecule has 1 aromatic heterocycles. The van der Waals surface area contributed by atoms with Gasteiger partial charge in [-0.15, -0.1) is 0 Å². The lowest BCUT2D eigenvalue weighted by Gasteiger charge is -2.15. The molecule has 27 heavy (non-hydrogen) atoms. The summed E-state index contributed by atoms with van der Waals surface area (Å²) in [6.07, 6.45) is 0.154. The lowest BCUT2D eigenvalue weighted by Crippen LogP contribution is -2.45. The first-order valence-corrected chi connectivity index (χ1v) is 13.7. The molecule has 9 nitrogen and oxygen atoms in total. The Morgan fingerprint density at radius 3 is 2.56 bits per heavy atom. The number of carbonyl (C=O) groups excluding carboxylic acids is 1. The van der Waals surface area contributed by atoms with E-state index < -0.39 is 36.1 Å². The van der Waals surface area contributed by atoms with Crippen molar-refractivity contribution < 1.29 is 23.1 Å². The second kappa shape index (κ2) is 7.68. The molecule has 148 valence electrons. The van der Waals surface area contributed by atoms with Gasteiger partial charge in [0.15, 0.2) is 0 Å². The van der Waals surface area contributed by atoms with Crippen molar-refractivity contribution >= 4 is 41.0 Å². The fourth-order valence-corrected chi connectivity index (χ4v) is 6.85. The molecule has 0 spiro atoms. The zero-order chi connectivity index (χ0) is 20.4. The van der Waals surface area contributed by atoms with Crippen LogP contribution < -0.4 is 11.1 Å². The molecule has 0 radical (unpaired) electrons. The number of hydrogen-bond donors (Lipinski definition) is 3. The van der Waals surface area contributed by atoms with Crippen molar-refractivity contribution in [1.82, 2.24) is 14.5 Å². The third kappa shape index (κ3) is 5.53. The molecule has 2 amide bonds. The predicted octanol–water partition coefficient (Wildman–Crippen LogP) is 1.22. The minimum absolute atomic E-state index is 0.0353. The van der Waals surface area contributed by atoms with Gasteiger partial charge in [0.05, 0.1) is 17.5 Å². The fourth-order valence-electron chi connectivity index (χ4n) is 2.54. The number of nitrogens with two attached hydrogens (primary N) is 1. The summed E-state index contributed by atoms with van der Waals surface area (Å²) in [6.45, 7) is 6.32. The standard InChI is InChI=1S/C16H24N4O5SSi/c1-27(2,3)7-6-26(24,25)20-14-5-4-11(8-12(14)10-18-20)9-13(15(17)21)19-16(22)23/h4-5,8,10,13,19H,6-7,9H2,1-3H3,(H2,17,21)(H,22,23)/t13-/m0/s1. The molecule has 2 rings (SSSR count). The van der Waals surface area contributed by atoms with Gasteiger partial charge in [-0.3, -0.25) is 4.79 Å². The maximum absolute atomic E-state index is 12.6. The summed E-state index contributed by atoms with van der Waals surface area (Å²) < 4.78 is 26.3. The normalized spacial score (nSPS) is 13.4. The maximum Gasteiger partial charge on any atom is 0.405 e. The molecule has 0 fully saturated rings. The van der Waals surface area contributed by atoms with Crippen LogP contribution in [-0.4, -0.2) is 54.6 Å². The Bertz CT molecular complexity index is 965. The van der Waals surface area contributed by atoms with Crippen molar-refractivity contribution in [3.05, 3.63) is 30.0 Å². The number of primary amides is 1. The van der Waals surface area contributed by atoms with Gasteiger partial charge in [0.25, 0.3) is 10.0 Å². The van der Waals surface area contributed by atoms with Gasteiger partial charge in [-0.1, -0.05) is 25.7 Å². The maximum atomic E-state index is 12.6. The Morgan fingerprint density at radius 2 is 2.00 bits per heavy atom. The summed E-state index contributed by atoms with van der Waals surface area (Å²) in [7, 11) is -5.08. The number of hydrogen-bond acceptors (Lipinski definition) is 5. The summed E-state index contributed by atoms with van der Waals surface area (Å²) in [5.74, 6) is -0.754. The van der Waals surface area contributed by atoms with Crippen LogP contribution in [0.4, 0.5) is 4.79 Å². The van der Waals surface area contributed by atoms with E-state index in [1.807, 2.05) is 0 Å². The van der Waals surface area contributed by atoms with Gasteiger partial charge in [-0.2, -0.15) is 9.19 Å². The number of benzene rings is 1. The Balaban J connectivity index is 2.28. The van der Waals surface area contributed by atoms with E-state index in [1.165, 1.54) is 6.20 Å². The van der Waals surface area contributed by atoms with Crippen LogP contribution in [0.15, 0.2) is 24.4 Å². The molecule has 4 N–H and O–H groups in total. The summed E-state index contributed by atoms with van der Waals surface area (Å²) >= 11 is 0. The molecule has 0 unspecified atom stereocenters. The number of carboxylic acid groups (broad SMARTS) is 1. The smallest absolute Gasteiger partial charge is 0.405 e. The SMILES string of the molecule is C[Si](C)(C)CCS(=O)(=O)n1ncc2cc(C[C@H](NC(=O)O)C(N)=O)ccc21. The van der Waals surface area contributed by atoms with E-state index in [0.29, 0.717) is 22.5 Å². The van der Waals surface area contributed by atoms with Crippen molar-refractivity contribution in [2.24, 2.45) is 5.73 Å². The van der Waals surface area contributed by atoms with E-state index in [2.05, 4.69) is 30.1 Å². The van der Waals surface area contributed by atoms with Crippen LogP contribution in [0.5, 0.6) is 0 Å². The minimum atomic E-state index is -3.57. The van der Waals surface area contributed by atoms with Crippen molar-refractivity contribution in [2.75, 3.05) is 5.75 Å². The fraction of sp³-hybridized carbons (Fsp3) is 0.438. The van der Waals surface area contributed by atoms with Gasteiger partial charge in [-0.25, -0.2) is 13.2 Å². The van der Waals surface area contributed by atoms with Crippen LogP contribution in [0.2, 0.25) is 25.7 Å². The molecule has 1 aromatic carbocycles. The second-order valence-electron chi connectivity index (χ2n) is 7.62.